The van der Waals surface area contributed by atoms with Crippen molar-refractivity contribution in [3.05, 3.63) is 0 Å². The Labute approximate surface area is 92.9 Å². The van der Waals surface area contributed by atoms with Crippen LogP contribution in [-0.2, 0) is 0 Å². The van der Waals surface area contributed by atoms with Crippen LogP contribution in [-0.4, -0.2) is 60.3 Å². The summed E-state index contributed by atoms with van der Waals surface area (Å²) in [4.78, 5) is 16.9. The summed E-state index contributed by atoms with van der Waals surface area (Å²) in [5.74, 6) is 0. The van der Waals surface area contributed by atoms with E-state index < -0.39 is 12.3 Å². The minimum atomic E-state index is -2.33. The standard InChI is InChI=1S/2CH2O3.Ca.H2S/c2*2-1(3)4;;/h2*(H2,2,3,4);;1H2/q;;+2;/p-2. The van der Waals surface area contributed by atoms with E-state index in [0.29, 0.717) is 0 Å². The third kappa shape index (κ3) is 18600. The first-order chi connectivity index (χ1) is 3.46. The van der Waals surface area contributed by atoms with Crippen LogP contribution in [0.2, 0.25) is 0 Å². The molecule has 0 aromatic rings. The van der Waals surface area contributed by atoms with Crippen molar-refractivity contribution in [2.45, 2.75) is 0 Å². The van der Waals surface area contributed by atoms with Gasteiger partial charge in [0.25, 0.3) is 0 Å². The third-order valence-corrected chi connectivity index (χ3v) is 0. The molecular weight excluding hydrogens is 192 g/mol. The van der Waals surface area contributed by atoms with Crippen LogP contribution in [0, 0.1) is 0 Å². The molecule has 8 heteroatoms. The second-order valence-corrected chi connectivity index (χ2v) is 0.533. The monoisotopic (exact) mass is 196 g/mol. The summed E-state index contributed by atoms with van der Waals surface area (Å²) in [5.41, 5.74) is 0. The smallest absolute Gasteiger partial charge is 0.652 e. The van der Waals surface area contributed by atoms with Crippen molar-refractivity contribution in [3.8, 4) is 0 Å². The molecule has 0 amide bonds. The molecule has 0 aliphatic heterocycles. The van der Waals surface area contributed by atoms with E-state index in [0.717, 1.165) is 0 Å². The molecule has 0 bridgehead atoms. The molecule has 0 saturated carbocycles. The van der Waals surface area contributed by atoms with Crippen LogP contribution in [0.5, 0.6) is 0 Å². The molecule has 0 heterocycles. The Kier molecular flexibility index (Phi) is 36.1. The minimum absolute atomic E-state index is 0. The van der Waals surface area contributed by atoms with E-state index in [1.165, 1.54) is 0 Å². The average molecular weight is 196 g/mol. The molecule has 2 N–H and O–H groups in total. The van der Waals surface area contributed by atoms with Gasteiger partial charge >= 0.3 is 43.9 Å². The second kappa shape index (κ2) is 16.1. The van der Waals surface area contributed by atoms with Crippen LogP contribution < -0.4 is 10.2 Å². The van der Waals surface area contributed by atoms with Gasteiger partial charge in [-0.15, -0.1) is 0 Å². The summed E-state index contributed by atoms with van der Waals surface area (Å²) in [6.07, 6.45) is -4.17. The molecule has 0 aliphatic rings. The number of hydrogen-bond acceptors (Lipinski definition) is 4. The van der Waals surface area contributed by atoms with E-state index in [9.17, 15) is 0 Å². The fourth-order valence-corrected chi connectivity index (χ4v) is 0. The molecule has 0 saturated heterocycles. The average Bonchev–Trinajstić information content (AvgIpc) is 1.25. The van der Waals surface area contributed by atoms with Crippen LogP contribution in [0.15, 0.2) is 0 Å². The van der Waals surface area contributed by atoms with Crippen LogP contribution >= 0.6 is 13.5 Å². The van der Waals surface area contributed by atoms with E-state index in [1.54, 1.807) is 0 Å². The maximum absolute atomic E-state index is 8.56. The summed E-state index contributed by atoms with van der Waals surface area (Å²) in [5, 5.41) is 30.6. The topological polar surface area (TPSA) is 121 Å². The zero-order chi connectivity index (χ0) is 7.15. The molecule has 0 spiro atoms. The molecular formula is C2H4CaO6S. The molecule has 0 fully saturated rings. The largest absolute Gasteiger partial charge is 2.00 e. The number of carboxylic acid groups (broad SMARTS) is 4. The van der Waals surface area contributed by atoms with Crippen LogP contribution in [0.25, 0.3) is 0 Å². The van der Waals surface area contributed by atoms with Gasteiger partial charge in [0.15, 0.2) is 0 Å². The fraction of sp³-hybridized carbons (Fsp3) is 0. The predicted octanol–water partition coefficient (Wildman–Crippen LogP) is -2.49. The Morgan fingerprint density at radius 1 is 1.10 bits per heavy atom. The van der Waals surface area contributed by atoms with Crippen molar-refractivity contribution in [2.75, 3.05) is 0 Å². The van der Waals surface area contributed by atoms with Crippen LogP contribution in [0.3, 0.4) is 0 Å². The van der Waals surface area contributed by atoms with Gasteiger partial charge < -0.3 is 25.2 Å². The van der Waals surface area contributed by atoms with Crippen molar-refractivity contribution in [1.82, 2.24) is 0 Å². The maximum atomic E-state index is 8.56. The van der Waals surface area contributed by atoms with Crippen molar-refractivity contribution >= 4 is 63.5 Å². The molecule has 6 nitrogen and oxygen atoms in total. The van der Waals surface area contributed by atoms with Gasteiger partial charge in [-0.3, -0.25) is 0 Å². The van der Waals surface area contributed by atoms with Crippen LogP contribution in [0.4, 0.5) is 9.59 Å². The SMILES string of the molecule is O=C(O)O.O=C([O-])[O-].S.[Ca+2]. The van der Waals surface area contributed by atoms with Gasteiger partial charge in [-0.2, -0.15) is 13.5 Å². The van der Waals surface area contributed by atoms with Crippen LogP contribution in [0.1, 0.15) is 0 Å². The van der Waals surface area contributed by atoms with E-state index in [1.807, 2.05) is 0 Å². The van der Waals surface area contributed by atoms with Crippen molar-refractivity contribution in [2.24, 2.45) is 0 Å². The third-order valence-electron chi connectivity index (χ3n) is 0. The van der Waals surface area contributed by atoms with Gasteiger partial charge in [-0.05, 0) is 6.16 Å². The molecule has 0 unspecified atom stereocenters. The van der Waals surface area contributed by atoms with Gasteiger partial charge in [0.1, 0.15) is 0 Å². The second-order valence-electron chi connectivity index (χ2n) is 0.533. The van der Waals surface area contributed by atoms with Gasteiger partial charge in [0.2, 0.25) is 0 Å². The maximum Gasteiger partial charge on any atom is 2.00 e. The molecule has 0 aliphatic carbocycles. The van der Waals surface area contributed by atoms with Crippen molar-refractivity contribution in [3.63, 3.8) is 0 Å². The number of hydrogen-bond donors (Lipinski definition) is 2. The summed E-state index contributed by atoms with van der Waals surface area (Å²) < 4.78 is 0. The molecule has 0 aromatic carbocycles. The normalized spacial score (nSPS) is 4.80. The molecule has 56 valence electrons. The van der Waals surface area contributed by atoms with E-state index in [2.05, 4.69) is 0 Å². The first-order valence-corrected chi connectivity index (χ1v) is 1.26. The summed E-state index contributed by atoms with van der Waals surface area (Å²) in [7, 11) is 0. The molecule has 0 aromatic heterocycles. The van der Waals surface area contributed by atoms with Crippen molar-refractivity contribution < 1.29 is 30.0 Å². The van der Waals surface area contributed by atoms with Gasteiger partial charge in [0, 0.05) is 0 Å². The predicted molar refractivity (Wildman–Crippen MR) is 32.2 cm³/mol. The Morgan fingerprint density at radius 2 is 1.10 bits per heavy atom. The van der Waals surface area contributed by atoms with Crippen molar-refractivity contribution in [1.29, 1.82) is 0 Å². The summed E-state index contributed by atoms with van der Waals surface area (Å²) >= 11 is 0. The van der Waals surface area contributed by atoms with E-state index in [-0.39, 0.29) is 51.2 Å². The van der Waals surface area contributed by atoms with Gasteiger partial charge in [0.05, 0.1) is 0 Å². The Bertz CT molecular complexity index is 73.7. The van der Waals surface area contributed by atoms with E-state index in [4.69, 9.17) is 30.0 Å². The zero-order valence-electron chi connectivity index (χ0n) is 4.73. The minimum Gasteiger partial charge on any atom is -0.652 e. The first kappa shape index (κ1) is 22.5. The molecule has 0 rings (SSSR count). The summed E-state index contributed by atoms with van der Waals surface area (Å²) in [6, 6.07) is 0. The number of carbonyl (C=O) groups is 2. The van der Waals surface area contributed by atoms with Gasteiger partial charge in [-0.25, -0.2) is 4.79 Å². The first-order valence-electron chi connectivity index (χ1n) is 1.26. The zero-order valence-corrected chi connectivity index (χ0v) is 7.94. The van der Waals surface area contributed by atoms with E-state index >= 15 is 0 Å². The Balaban J connectivity index is -0.0000000300. The Morgan fingerprint density at radius 3 is 1.10 bits per heavy atom. The molecule has 0 atom stereocenters. The summed E-state index contributed by atoms with van der Waals surface area (Å²) in [6.45, 7) is 0. The fourth-order valence-electron chi connectivity index (χ4n) is 0. The molecule has 0 radical (unpaired) electrons. The number of rotatable bonds is 0. The Hall–Kier alpha value is 0.150. The number of carbonyl (C=O) groups excluding carboxylic acids is 1. The molecule has 10 heavy (non-hydrogen) atoms. The quantitative estimate of drug-likeness (QED) is 0.413. The van der Waals surface area contributed by atoms with Gasteiger partial charge in [-0.1, -0.05) is 0 Å².